The van der Waals surface area contributed by atoms with Gasteiger partial charge in [0.15, 0.2) is 0 Å². The number of nitriles is 1. The average molecular weight is 460 g/mol. The number of aromatic nitrogens is 4. The zero-order valence-corrected chi connectivity index (χ0v) is 18.3. The molecule has 0 saturated heterocycles. The summed E-state index contributed by atoms with van der Waals surface area (Å²) in [6, 6.07) is 16.5. The molecular weight excluding hydrogens is 446 g/mol. The lowest BCUT2D eigenvalue weighted by Crippen LogP contribution is -2.21. The SMILES string of the molecule is Cc1c(-c2nc(-c3ccccc3Cl)no2)sc2ncn(Cc3cccc(C#N)c3)c(=O)c12. The van der Waals surface area contributed by atoms with Crippen molar-refractivity contribution in [3.63, 3.8) is 0 Å². The molecule has 156 valence electrons. The summed E-state index contributed by atoms with van der Waals surface area (Å²) in [5.41, 5.74) is 2.63. The quantitative estimate of drug-likeness (QED) is 0.372. The lowest BCUT2D eigenvalue weighted by Gasteiger charge is -2.06. The number of hydrogen-bond donors (Lipinski definition) is 0. The van der Waals surface area contributed by atoms with Gasteiger partial charge in [0.2, 0.25) is 5.82 Å². The topological polar surface area (TPSA) is 97.6 Å². The van der Waals surface area contributed by atoms with Gasteiger partial charge in [0, 0.05) is 5.56 Å². The van der Waals surface area contributed by atoms with Crippen molar-refractivity contribution >= 4 is 33.2 Å². The lowest BCUT2D eigenvalue weighted by molar-refractivity contribution is 0.433. The molecule has 0 bridgehead atoms. The molecule has 7 nitrogen and oxygen atoms in total. The zero-order valence-electron chi connectivity index (χ0n) is 16.7. The van der Waals surface area contributed by atoms with Gasteiger partial charge in [0.25, 0.3) is 11.4 Å². The van der Waals surface area contributed by atoms with E-state index in [0.29, 0.717) is 49.5 Å². The highest BCUT2D eigenvalue weighted by Crippen LogP contribution is 2.36. The third-order valence-corrected chi connectivity index (χ3v) is 6.58. The number of thiophene rings is 1. The van der Waals surface area contributed by atoms with Crippen LogP contribution in [0.2, 0.25) is 5.02 Å². The van der Waals surface area contributed by atoms with E-state index in [1.165, 1.54) is 22.2 Å². The van der Waals surface area contributed by atoms with Gasteiger partial charge < -0.3 is 4.52 Å². The fraction of sp³-hybridized carbons (Fsp3) is 0.0870. The third kappa shape index (κ3) is 3.47. The zero-order chi connectivity index (χ0) is 22.2. The van der Waals surface area contributed by atoms with E-state index in [2.05, 4.69) is 21.2 Å². The second-order valence-corrected chi connectivity index (χ2v) is 8.54. The van der Waals surface area contributed by atoms with Crippen LogP contribution in [0.5, 0.6) is 0 Å². The normalized spacial score (nSPS) is 11.0. The van der Waals surface area contributed by atoms with Crippen molar-refractivity contribution in [1.82, 2.24) is 19.7 Å². The Labute approximate surface area is 191 Å². The molecule has 3 heterocycles. The number of aryl methyl sites for hydroxylation is 1. The monoisotopic (exact) mass is 459 g/mol. The number of halogens is 1. The summed E-state index contributed by atoms with van der Waals surface area (Å²) < 4.78 is 7.02. The molecule has 5 aromatic rings. The Kier molecular flexibility index (Phi) is 5.05. The van der Waals surface area contributed by atoms with Gasteiger partial charge in [0.05, 0.1) is 39.8 Å². The Morgan fingerprint density at radius 1 is 1.22 bits per heavy atom. The standard InChI is InChI=1S/C23H14ClN5O2S/c1-13-18-22(26-12-29(23(18)30)11-15-6-4-5-14(9-15)10-25)32-19(13)21-27-20(28-31-21)16-7-2-3-8-17(16)24/h2-9,12H,11H2,1H3. The molecular formula is C23H14ClN5O2S. The Morgan fingerprint density at radius 2 is 2.06 bits per heavy atom. The van der Waals surface area contributed by atoms with Gasteiger partial charge in [-0.2, -0.15) is 10.2 Å². The number of rotatable bonds is 4. The molecule has 0 amide bonds. The first kappa shape index (κ1) is 20.1. The van der Waals surface area contributed by atoms with E-state index < -0.39 is 0 Å². The Hall–Kier alpha value is -3.80. The first-order chi connectivity index (χ1) is 15.5. The van der Waals surface area contributed by atoms with Gasteiger partial charge in [-0.3, -0.25) is 9.36 Å². The maximum atomic E-state index is 13.2. The molecule has 0 aliphatic heterocycles. The Balaban J connectivity index is 1.55. The largest absolute Gasteiger partial charge is 0.333 e. The maximum absolute atomic E-state index is 13.2. The third-order valence-electron chi connectivity index (χ3n) is 5.06. The molecule has 3 aromatic heterocycles. The highest BCUT2D eigenvalue weighted by atomic mass is 35.5. The molecule has 0 unspecified atom stereocenters. The molecule has 9 heteroatoms. The predicted molar refractivity (Wildman–Crippen MR) is 123 cm³/mol. The van der Waals surface area contributed by atoms with Crippen molar-refractivity contribution in [3.05, 3.63) is 86.9 Å². The van der Waals surface area contributed by atoms with Crippen LogP contribution in [0.25, 0.3) is 32.4 Å². The molecule has 5 rings (SSSR count). The summed E-state index contributed by atoms with van der Waals surface area (Å²) in [7, 11) is 0. The van der Waals surface area contributed by atoms with E-state index in [1.807, 2.05) is 31.2 Å². The van der Waals surface area contributed by atoms with Crippen LogP contribution in [-0.2, 0) is 6.54 Å². The number of nitrogens with zero attached hydrogens (tertiary/aromatic N) is 5. The fourth-order valence-corrected chi connectivity index (χ4v) is 4.76. The van der Waals surface area contributed by atoms with Crippen LogP contribution in [0.1, 0.15) is 16.7 Å². The van der Waals surface area contributed by atoms with Crippen molar-refractivity contribution < 1.29 is 4.52 Å². The van der Waals surface area contributed by atoms with Crippen LogP contribution in [0.4, 0.5) is 0 Å². The van der Waals surface area contributed by atoms with Crippen molar-refractivity contribution in [1.29, 1.82) is 5.26 Å². The number of fused-ring (bicyclic) bond motifs is 1. The smallest absolute Gasteiger partial charge is 0.268 e. The minimum absolute atomic E-state index is 0.164. The average Bonchev–Trinajstić information content (AvgIpc) is 3.41. The summed E-state index contributed by atoms with van der Waals surface area (Å²) in [6.07, 6.45) is 1.52. The summed E-state index contributed by atoms with van der Waals surface area (Å²) in [5, 5.41) is 14.2. The second-order valence-electron chi connectivity index (χ2n) is 7.13. The molecule has 0 aliphatic carbocycles. The van der Waals surface area contributed by atoms with Crippen LogP contribution >= 0.6 is 22.9 Å². The Bertz CT molecular complexity index is 1580. The second kappa shape index (κ2) is 8.04. The fourth-order valence-electron chi connectivity index (χ4n) is 3.48. The molecule has 32 heavy (non-hydrogen) atoms. The van der Waals surface area contributed by atoms with E-state index in [-0.39, 0.29) is 5.56 Å². The van der Waals surface area contributed by atoms with Crippen LogP contribution < -0.4 is 5.56 Å². The van der Waals surface area contributed by atoms with Crippen molar-refractivity contribution in [2.75, 3.05) is 0 Å². The van der Waals surface area contributed by atoms with E-state index in [1.54, 1.807) is 24.3 Å². The molecule has 2 aromatic carbocycles. The molecule has 0 spiro atoms. The van der Waals surface area contributed by atoms with Crippen molar-refractivity contribution in [2.24, 2.45) is 0 Å². The van der Waals surface area contributed by atoms with E-state index in [9.17, 15) is 4.79 Å². The van der Waals surface area contributed by atoms with E-state index >= 15 is 0 Å². The van der Waals surface area contributed by atoms with Gasteiger partial charge in [-0.05, 0) is 42.3 Å². The molecule has 0 radical (unpaired) electrons. The lowest BCUT2D eigenvalue weighted by atomic mass is 10.1. The van der Waals surface area contributed by atoms with Gasteiger partial charge in [0.1, 0.15) is 4.83 Å². The summed E-state index contributed by atoms with van der Waals surface area (Å²) in [6.45, 7) is 2.16. The minimum Gasteiger partial charge on any atom is -0.333 e. The highest BCUT2D eigenvalue weighted by molar-refractivity contribution is 7.22. The van der Waals surface area contributed by atoms with Crippen LogP contribution in [0.15, 0.2) is 64.2 Å². The number of benzene rings is 2. The van der Waals surface area contributed by atoms with Gasteiger partial charge in [-0.15, -0.1) is 11.3 Å². The van der Waals surface area contributed by atoms with Crippen molar-refractivity contribution in [2.45, 2.75) is 13.5 Å². The van der Waals surface area contributed by atoms with Crippen molar-refractivity contribution in [3.8, 4) is 28.2 Å². The van der Waals surface area contributed by atoms with Gasteiger partial charge >= 0.3 is 0 Å². The predicted octanol–water partition coefficient (Wildman–Crippen LogP) is 5.06. The van der Waals surface area contributed by atoms with Crippen LogP contribution in [0, 0.1) is 18.3 Å². The van der Waals surface area contributed by atoms with Crippen LogP contribution in [0.3, 0.4) is 0 Å². The minimum atomic E-state index is -0.164. The summed E-state index contributed by atoms with van der Waals surface area (Å²) >= 11 is 7.57. The number of hydrogen-bond acceptors (Lipinski definition) is 7. The first-order valence-corrected chi connectivity index (χ1v) is 10.8. The van der Waals surface area contributed by atoms with E-state index in [0.717, 1.165) is 11.1 Å². The summed E-state index contributed by atoms with van der Waals surface area (Å²) in [5.74, 6) is 0.693. The molecule has 0 aliphatic rings. The highest BCUT2D eigenvalue weighted by Gasteiger charge is 2.21. The molecule has 0 N–H and O–H groups in total. The molecule has 0 fully saturated rings. The first-order valence-electron chi connectivity index (χ1n) is 9.61. The molecule has 0 atom stereocenters. The van der Waals surface area contributed by atoms with E-state index in [4.69, 9.17) is 21.4 Å². The van der Waals surface area contributed by atoms with Crippen LogP contribution in [-0.4, -0.2) is 19.7 Å². The van der Waals surface area contributed by atoms with Gasteiger partial charge in [-0.25, -0.2) is 4.98 Å². The summed E-state index contributed by atoms with van der Waals surface area (Å²) in [4.78, 5) is 23.5. The maximum Gasteiger partial charge on any atom is 0.268 e. The van der Waals surface area contributed by atoms with Gasteiger partial charge in [-0.1, -0.05) is 41.0 Å². The molecule has 0 saturated carbocycles. The Morgan fingerprint density at radius 3 is 2.88 bits per heavy atom.